The number of hydrogen-bond acceptors (Lipinski definition) is 16. The molecule has 2 spiro atoms. The zero-order chi connectivity index (χ0) is 52.6. The predicted octanol–water partition coefficient (Wildman–Crippen LogP) is 5.40. The van der Waals surface area contributed by atoms with E-state index in [2.05, 4.69) is 5.32 Å². The van der Waals surface area contributed by atoms with Gasteiger partial charge in [-0.2, -0.15) is 17.0 Å². The van der Waals surface area contributed by atoms with Crippen LogP contribution < -0.4 is 18.2 Å². The summed E-state index contributed by atoms with van der Waals surface area (Å²) in [5.74, 6) is -13.6. The van der Waals surface area contributed by atoms with E-state index in [4.69, 9.17) is 18.9 Å². The van der Waals surface area contributed by atoms with Crippen molar-refractivity contribution in [2.45, 2.75) is 43.7 Å². The zero-order valence-electron chi connectivity index (χ0n) is 38.5. The maximum Gasteiger partial charge on any atom is 0.348 e. The van der Waals surface area contributed by atoms with E-state index in [9.17, 15) is 55.5 Å². The third kappa shape index (κ3) is 11.0. The smallest absolute Gasteiger partial charge is 0.348 e. The van der Waals surface area contributed by atoms with Crippen LogP contribution in [-0.4, -0.2) is 76.3 Å². The molecule has 4 fully saturated rings. The van der Waals surface area contributed by atoms with Gasteiger partial charge in [0.1, 0.15) is 22.6 Å². The van der Waals surface area contributed by atoms with Gasteiger partial charge >= 0.3 is 34.1 Å². The van der Waals surface area contributed by atoms with Crippen molar-refractivity contribution >= 4 is 91.7 Å². The van der Waals surface area contributed by atoms with Crippen LogP contribution in [0.4, 0.5) is 22.7 Å². The number of carbonyl (C=O) groups excluding carboxylic acids is 8. The second-order valence-electron chi connectivity index (χ2n) is 16.4. The molecule has 4 aliphatic rings. The Balaban J connectivity index is 0.881. The van der Waals surface area contributed by atoms with Gasteiger partial charge in [-0.05, 0) is 67.1 Å². The van der Waals surface area contributed by atoms with Crippen LogP contribution in [-0.2, 0) is 78.8 Å². The van der Waals surface area contributed by atoms with Gasteiger partial charge in [0.15, 0.2) is 0 Å². The van der Waals surface area contributed by atoms with Crippen LogP contribution >= 0.6 is 0 Å². The van der Waals surface area contributed by atoms with Gasteiger partial charge in [0.05, 0.1) is 28.3 Å². The highest BCUT2D eigenvalue weighted by Gasteiger charge is 2.57. The summed E-state index contributed by atoms with van der Waals surface area (Å²) in [5, 5.41) is 2.58. The van der Waals surface area contributed by atoms with Crippen LogP contribution in [0.25, 0.3) is 0 Å². The molecule has 3 heterocycles. The summed E-state index contributed by atoms with van der Waals surface area (Å²) in [6.07, 6.45) is 9.92. The summed E-state index contributed by atoms with van der Waals surface area (Å²) in [7, 11) is -4.71. The first-order chi connectivity index (χ1) is 35.5. The molecule has 4 amide bonds. The molecule has 378 valence electrons. The quantitative estimate of drug-likeness (QED) is 0.0439. The fraction of sp³-hybridized carbons (Fsp3) is 0.154. The van der Waals surface area contributed by atoms with Gasteiger partial charge in [-0.3, -0.25) is 23.4 Å². The minimum Gasteiger partial charge on any atom is -0.755 e. The van der Waals surface area contributed by atoms with Crippen LogP contribution in [0.2, 0.25) is 0 Å². The number of carbonyl (C=O) groups is 8. The molecule has 1 saturated carbocycles. The third-order valence-corrected chi connectivity index (χ3v) is 14.0. The van der Waals surface area contributed by atoms with Crippen LogP contribution in [0.5, 0.6) is 0 Å². The topological polar surface area (TPSA) is 269 Å². The van der Waals surface area contributed by atoms with Crippen LogP contribution in [0.1, 0.15) is 32.1 Å². The molecule has 20 nitrogen and oxygen atoms in total. The van der Waals surface area contributed by atoms with Gasteiger partial charge in [0.2, 0.25) is 5.91 Å². The second kappa shape index (κ2) is 21.9. The number of nitrogens with zero attached hydrogens (tertiary/aromatic N) is 3. The Labute approximate surface area is 425 Å². The molecule has 3 saturated heterocycles. The number of nitrogens with one attached hydrogen (secondary N) is 1. The van der Waals surface area contributed by atoms with Crippen molar-refractivity contribution in [2.24, 2.45) is 5.92 Å². The molecule has 4 aromatic carbocycles. The minimum atomic E-state index is -4.71. The van der Waals surface area contributed by atoms with E-state index in [1.165, 1.54) is 109 Å². The number of para-hydroxylation sites is 4. The van der Waals surface area contributed by atoms with E-state index >= 15 is 0 Å². The predicted molar refractivity (Wildman–Crippen MR) is 263 cm³/mol. The Morgan fingerprint density at radius 1 is 0.622 bits per heavy atom. The van der Waals surface area contributed by atoms with Crippen molar-refractivity contribution < 1.29 is 74.5 Å². The summed E-state index contributed by atoms with van der Waals surface area (Å²) in [6.45, 7) is 0. The Kier molecular flexibility index (Phi) is 15.2. The van der Waals surface area contributed by atoms with Crippen LogP contribution in [0, 0.1) is 5.92 Å². The fourth-order valence-corrected chi connectivity index (χ4v) is 10.1. The molecule has 2 atom stereocenters. The SMILES string of the molecule is O=C1OC2(CCC3(CC2)OC(=O)C(=CCC=CC=C2C(=O)N(c4ccccc4)S(=O)(=O)N(c4ccccc4)C2=O)C(=O)O3)OC(=O)C1=CC=CC=CC(C(=O)Nc1ccccc1)C(=O)N(c1ccccc1)S(=O)[O-]. The molecule has 0 aromatic heterocycles. The Bertz CT molecular complexity index is 3130. The molecule has 74 heavy (non-hydrogen) atoms. The Hall–Kier alpha value is -8.86. The third-order valence-electron chi connectivity index (χ3n) is 11.6. The van der Waals surface area contributed by atoms with E-state index < -0.39 is 103 Å². The van der Waals surface area contributed by atoms with Crippen LogP contribution in [0.15, 0.2) is 193 Å². The molecule has 2 unspecified atom stereocenters. The first-order valence-electron chi connectivity index (χ1n) is 22.5. The summed E-state index contributed by atoms with van der Waals surface area (Å²) in [4.78, 5) is 107. The fourth-order valence-electron chi connectivity index (χ4n) is 8.02. The molecule has 3 aliphatic heterocycles. The van der Waals surface area contributed by atoms with Gasteiger partial charge in [-0.25, -0.2) is 23.5 Å². The Morgan fingerprint density at radius 3 is 1.55 bits per heavy atom. The molecular formula is C52H41N4O16S2-. The number of amides is 4. The normalized spacial score (nSPS) is 21.6. The minimum absolute atomic E-state index is 0.00169. The number of esters is 4. The van der Waals surface area contributed by atoms with Gasteiger partial charge in [-0.1, -0.05) is 115 Å². The molecular weight excluding hydrogens is 1000 g/mol. The highest BCUT2D eigenvalue weighted by atomic mass is 32.2. The van der Waals surface area contributed by atoms with E-state index in [1.54, 1.807) is 48.5 Å². The van der Waals surface area contributed by atoms with Gasteiger partial charge in [-0.15, -0.1) is 0 Å². The number of hydrogen-bond donors (Lipinski definition) is 1. The number of ether oxygens (including phenoxy) is 4. The zero-order valence-corrected chi connectivity index (χ0v) is 40.2. The molecule has 22 heteroatoms. The largest absolute Gasteiger partial charge is 0.755 e. The maximum absolute atomic E-state index is 13.7. The van der Waals surface area contributed by atoms with Crippen molar-refractivity contribution in [3.8, 4) is 0 Å². The molecule has 1 N–H and O–H groups in total. The van der Waals surface area contributed by atoms with Crippen molar-refractivity contribution in [2.75, 3.05) is 18.2 Å². The summed E-state index contributed by atoms with van der Waals surface area (Å²) >= 11 is -3.10. The van der Waals surface area contributed by atoms with Crippen molar-refractivity contribution in [1.82, 2.24) is 0 Å². The summed E-state index contributed by atoms with van der Waals surface area (Å²) in [6, 6.07) is 30.5. The molecule has 4 aromatic rings. The first-order valence-corrected chi connectivity index (χ1v) is 24.9. The maximum atomic E-state index is 13.7. The number of benzene rings is 4. The van der Waals surface area contributed by atoms with E-state index in [1.807, 2.05) is 0 Å². The lowest BCUT2D eigenvalue weighted by atomic mass is 9.87. The summed E-state index contributed by atoms with van der Waals surface area (Å²) in [5.41, 5.74) is -1.14. The van der Waals surface area contributed by atoms with Gasteiger partial charge in [0, 0.05) is 31.4 Å². The van der Waals surface area contributed by atoms with Crippen LogP contribution in [0.3, 0.4) is 0 Å². The first kappa shape index (κ1) is 51.5. The second-order valence-corrected chi connectivity index (χ2v) is 18.9. The molecule has 8 rings (SSSR count). The average Bonchev–Trinajstić information content (AvgIpc) is 3.38. The van der Waals surface area contributed by atoms with Gasteiger partial charge < -0.3 is 28.8 Å². The number of rotatable bonds is 13. The lowest BCUT2D eigenvalue weighted by molar-refractivity contribution is -0.291. The lowest BCUT2D eigenvalue weighted by Gasteiger charge is -2.46. The summed E-state index contributed by atoms with van der Waals surface area (Å²) < 4.78 is 75.6. The van der Waals surface area contributed by atoms with Gasteiger partial charge in [0.25, 0.3) is 29.3 Å². The monoisotopic (exact) mass is 1040 g/mol. The standard InChI is InChI=1S/C52H42N4O16S2/c57-43(53-35-19-7-1-8-20-35)39(44(58)54(73(65)66)36-21-9-2-10-22-36)27-15-5-17-29-41-47(61)69-51(70-48(41)62)31-33-52(34-32-51)71-49(63)42(50(64)72-52)30-18-6-16-28-40-45(59)55(37-23-11-3-12-24-37)74(67,68)56(46(40)60)38-25-13-4-14-26-38/h1-17,19-30,39H,18,31-34H2,(H,53,57)(H,65,66)/p-1. The van der Waals surface area contributed by atoms with E-state index in [-0.39, 0.29) is 49.2 Å². The lowest BCUT2D eigenvalue weighted by Crippen LogP contribution is -2.57. The molecule has 1 aliphatic carbocycles. The van der Waals surface area contributed by atoms with Crippen molar-refractivity contribution in [3.63, 3.8) is 0 Å². The number of anilines is 4. The Morgan fingerprint density at radius 2 is 1.07 bits per heavy atom. The average molecular weight is 1040 g/mol. The highest BCUT2D eigenvalue weighted by Crippen LogP contribution is 2.45. The number of allylic oxidation sites excluding steroid dienone is 8. The van der Waals surface area contributed by atoms with Crippen molar-refractivity contribution in [1.29, 1.82) is 0 Å². The van der Waals surface area contributed by atoms with E-state index in [0.717, 1.165) is 18.2 Å². The highest BCUT2D eigenvalue weighted by molar-refractivity contribution is 7.96. The van der Waals surface area contributed by atoms with Crippen molar-refractivity contribution in [3.05, 3.63) is 193 Å². The molecule has 0 radical (unpaired) electrons. The molecule has 0 bridgehead atoms. The van der Waals surface area contributed by atoms with E-state index in [0.29, 0.717) is 18.6 Å².